The topological polar surface area (TPSA) is 3.01 Å². The summed E-state index contributed by atoms with van der Waals surface area (Å²) in [5.74, 6) is 0. The van der Waals surface area contributed by atoms with Crippen LogP contribution < -0.4 is 0 Å². The van der Waals surface area contributed by atoms with Crippen LogP contribution in [0.2, 0.25) is 0 Å². The van der Waals surface area contributed by atoms with Gasteiger partial charge in [-0.1, -0.05) is 39.2 Å². The van der Waals surface area contributed by atoms with Crippen LogP contribution in [-0.4, -0.2) is 31.0 Å². The highest BCUT2D eigenvalue weighted by molar-refractivity contribution is 8.16. The lowest BCUT2D eigenvalue weighted by atomic mass is 10.2. The average molecular weight is 315 g/mol. The molecule has 0 aliphatic heterocycles. The Labute approximate surface area is 124 Å². The van der Waals surface area contributed by atoms with Gasteiger partial charge in [-0.05, 0) is 30.0 Å². The zero-order valence-electron chi connectivity index (χ0n) is 12.8. The third-order valence-electron chi connectivity index (χ3n) is 2.27. The van der Waals surface area contributed by atoms with E-state index in [0.29, 0.717) is 0 Å². The van der Waals surface area contributed by atoms with Crippen LogP contribution in [0.5, 0.6) is 0 Å². The molecule has 0 amide bonds. The van der Waals surface area contributed by atoms with Gasteiger partial charge in [-0.2, -0.15) is 0 Å². The molecule has 0 saturated carbocycles. The van der Waals surface area contributed by atoms with Crippen LogP contribution in [0.25, 0.3) is 0 Å². The summed E-state index contributed by atoms with van der Waals surface area (Å²) in [5, 5.41) is 3.73. The third kappa shape index (κ3) is 22.7. The largest absolute Gasteiger partial charge is 0.673 e. The van der Waals surface area contributed by atoms with E-state index < -0.39 is 7.25 Å². The van der Waals surface area contributed by atoms with E-state index in [-0.39, 0.29) is 0 Å². The lowest BCUT2D eigenvalue weighted by molar-refractivity contribution is -0.462. The Kier molecular flexibility index (Phi) is 14.8. The van der Waals surface area contributed by atoms with Gasteiger partial charge >= 0.3 is 7.25 Å². The average Bonchev–Trinajstić information content (AvgIpc) is 2.30. The Morgan fingerprint density at radius 3 is 1.95 bits per heavy atom. The molecular formula is C13H26BF4NS. The molecule has 120 valence electrons. The maximum absolute atomic E-state index is 9.75. The molecule has 0 bridgehead atoms. The number of hydrogen-bond acceptors (Lipinski definition) is 1. The first-order valence-corrected chi connectivity index (χ1v) is 7.82. The second-order valence-electron chi connectivity index (χ2n) is 4.52. The van der Waals surface area contributed by atoms with Gasteiger partial charge in [0.2, 0.25) is 5.04 Å². The molecule has 0 aromatic carbocycles. The van der Waals surface area contributed by atoms with Crippen LogP contribution in [0.4, 0.5) is 17.3 Å². The molecule has 0 heterocycles. The number of rotatable bonds is 7. The Bertz CT molecular complexity index is 281. The summed E-state index contributed by atoms with van der Waals surface area (Å²) in [6, 6.07) is 0. The summed E-state index contributed by atoms with van der Waals surface area (Å²) in [5.41, 5.74) is 0. The van der Waals surface area contributed by atoms with Gasteiger partial charge in [0, 0.05) is 6.42 Å². The highest BCUT2D eigenvalue weighted by atomic mass is 32.2. The Morgan fingerprint density at radius 2 is 1.55 bits per heavy atom. The van der Waals surface area contributed by atoms with Crippen LogP contribution >= 0.6 is 11.8 Å². The molecule has 0 aromatic heterocycles. The van der Waals surface area contributed by atoms with Gasteiger partial charge in [-0.25, -0.2) is 4.58 Å². The van der Waals surface area contributed by atoms with Gasteiger partial charge in [0.05, 0.1) is 0 Å². The van der Waals surface area contributed by atoms with Gasteiger partial charge in [0.15, 0.2) is 0 Å². The lowest BCUT2D eigenvalue weighted by Crippen LogP contribution is -2.08. The number of thioether (sulfide) groups is 1. The number of hydrogen-bond donors (Lipinski definition) is 0. The number of allylic oxidation sites excluding steroid dienone is 1. The molecule has 0 fully saturated rings. The van der Waals surface area contributed by atoms with E-state index in [9.17, 15) is 17.3 Å². The van der Waals surface area contributed by atoms with Crippen molar-refractivity contribution < 1.29 is 21.8 Å². The van der Waals surface area contributed by atoms with Gasteiger partial charge in [0.1, 0.15) is 14.1 Å². The van der Waals surface area contributed by atoms with Crippen molar-refractivity contribution in [3.63, 3.8) is 0 Å². The van der Waals surface area contributed by atoms with Crippen molar-refractivity contribution in [1.82, 2.24) is 0 Å². The van der Waals surface area contributed by atoms with Crippen molar-refractivity contribution in [2.75, 3.05) is 14.1 Å². The van der Waals surface area contributed by atoms with Gasteiger partial charge in [-0.3, -0.25) is 0 Å². The summed E-state index contributed by atoms with van der Waals surface area (Å²) in [7, 11) is -1.73. The SMILES string of the molecule is CCCC/C=C\SC(CCCC)=[N+](C)C.F[B-](F)(F)F. The summed E-state index contributed by atoms with van der Waals surface area (Å²) in [6.45, 7) is 4.48. The highest BCUT2D eigenvalue weighted by Gasteiger charge is 2.20. The van der Waals surface area contributed by atoms with E-state index in [1.807, 2.05) is 11.8 Å². The van der Waals surface area contributed by atoms with E-state index in [2.05, 4.69) is 44.0 Å². The molecule has 0 N–H and O–H groups in total. The zero-order chi connectivity index (χ0) is 16.0. The molecule has 0 atom stereocenters. The minimum atomic E-state index is -6.00. The Morgan fingerprint density at radius 1 is 1.05 bits per heavy atom. The zero-order valence-corrected chi connectivity index (χ0v) is 13.7. The summed E-state index contributed by atoms with van der Waals surface area (Å²) in [6.07, 6.45) is 9.90. The number of unbranched alkanes of at least 4 members (excludes halogenated alkanes) is 3. The Balaban J connectivity index is 0. The minimum absolute atomic E-state index is 1.21. The molecule has 20 heavy (non-hydrogen) atoms. The van der Waals surface area contributed by atoms with Crippen LogP contribution in [0.15, 0.2) is 11.5 Å². The van der Waals surface area contributed by atoms with Crippen molar-refractivity contribution in [2.24, 2.45) is 0 Å². The third-order valence-corrected chi connectivity index (χ3v) is 3.44. The van der Waals surface area contributed by atoms with Crippen LogP contribution in [0.1, 0.15) is 52.4 Å². The van der Waals surface area contributed by atoms with Crippen molar-refractivity contribution >= 4 is 24.1 Å². The highest BCUT2D eigenvalue weighted by Crippen LogP contribution is 2.12. The maximum atomic E-state index is 9.75. The molecule has 0 unspecified atom stereocenters. The van der Waals surface area contributed by atoms with Crippen molar-refractivity contribution in [3.8, 4) is 0 Å². The quantitative estimate of drug-likeness (QED) is 0.148. The van der Waals surface area contributed by atoms with Crippen LogP contribution in [0, 0.1) is 0 Å². The first-order valence-electron chi connectivity index (χ1n) is 6.94. The molecule has 1 nitrogen and oxygen atoms in total. The fourth-order valence-corrected chi connectivity index (χ4v) is 2.10. The summed E-state index contributed by atoms with van der Waals surface area (Å²) in [4.78, 5) is 0. The van der Waals surface area contributed by atoms with E-state index >= 15 is 0 Å². The fraction of sp³-hybridized carbons (Fsp3) is 0.769. The summed E-state index contributed by atoms with van der Waals surface area (Å²) < 4.78 is 41.2. The predicted molar refractivity (Wildman–Crippen MR) is 83.1 cm³/mol. The standard InChI is InChI=1S/C13H26NS.BF4/c1-5-7-9-10-12-15-13(14(3)4)11-8-6-2;2-1(3,4)5/h10,12H,5-9,11H2,1-4H3;/q+1;-1/b12-10-;. The fourth-order valence-electron chi connectivity index (χ4n) is 1.23. The number of halogens is 4. The van der Waals surface area contributed by atoms with E-state index in [1.165, 1.54) is 43.6 Å². The molecule has 7 heteroatoms. The number of nitrogens with zero attached hydrogens (tertiary/aromatic N) is 1. The minimum Gasteiger partial charge on any atom is -0.418 e. The first-order chi connectivity index (χ1) is 9.22. The van der Waals surface area contributed by atoms with E-state index in [4.69, 9.17) is 0 Å². The first kappa shape index (κ1) is 21.8. The van der Waals surface area contributed by atoms with Crippen LogP contribution in [-0.2, 0) is 0 Å². The molecule has 0 aliphatic carbocycles. The molecule has 0 radical (unpaired) electrons. The molecule has 0 spiro atoms. The molecule has 0 rings (SSSR count). The molecule has 0 aromatic rings. The predicted octanol–water partition coefficient (Wildman–Crippen LogP) is 5.58. The second kappa shape index (κ2) is 13.5. The molecular weight excluding hydrogens is 289 g/mol. The van der Waals surface area contributed by atoms with Crippen molar-refractivity contribution in [3.05, 3.63) is 11.5 Å². The van der Waals surface area contributed by atoms with E-state index in [0.717, 1.165) is 0 Å². The van der Waals surface area contributed by atoms with Crippen LogP contribution in [0.3, 0.4) is 0 Å². The molecule has 0 saturated heterocycles. The molecule has 0 aliphatic rings. The lowest BCUT2D eigenvalue weighted by Gasteiger charge is -1.99. The van der Waals surface area contributed by atoms with Gasteiger partial charge in [0.25, 0.3) is 0 Å². The summed E-state index contributed by atoms with van der Waals surface area (Å²) >= 11 is 1.88. The Hall–Kier alpha value is -0.455. The van der Waals surface area contributed by atoms with Gasteiger partial charge in [-0.15, -0.1) is 0 Å². The van der Waals surface area contributed by atoms with Crippen molar-refractivity contribution in [1.29, 1.82) is 0 Å². The van der Waals surface area contributed by atoms with Gasteiger partial charge < -0.3 is 17.3 Å². The normalized spacial score (nSPS) is 11.2. The monoisotopic (exact) mass is 315 g/mol. The maximum Gasteiger partial charge on any atom is 0.673 e. The van der Waals surface area contributed by atoms with Crippen molar-refractivity contribution in [2.45, 2.75) is 52.4 Å². The van der Waals surface area contributed by atoms with E-state index in [1.54, 1.807) is 0 Å². The second-order valence-corrected chi connectivity index (χ2v) is 5.50. The smallest absolute Gasteiger partial charge is 0.418 e.